The molecule has 0 amide bonds. The van der Waals surface area contributed by atoms with Gasteiger partial charge in [0.1, 0.15) is 5.75 Å². The number of nitrogens with two attached hydrogens (primary N) is 1. The molecule has 0 bridgehead atoms. The van der Waals surface area contributed by atoms with Crippen LogP contribution in [0, 0.1) is 0 Å². The molecule has 96 valence electrons. The first-order chi connectivity index (χ1) is 8.69. The first-order valence-corrected chi connectivity index (χ1v) is 6.18. The highest BCUT2D eigenvalue weighted by atomic mass is 16.5. The molecule has 2 rings (SSSR count). The Hall–Kier alpha value is -1.81. The van der Waals surface area contributed by atoms with Crippen LogP contribution in [0.25, 0.3) is 11.1 Å². The van der Waals surface area contributed by atoms with Crippen molar-refractivity contribution in [1.29, 1.82) is 0 Å². The lowest BCUT2D eigenvalue weighted by atomic mass is 10.1. The summed E-state index contributed by atoms with van der Waals surface area (Å²) in [4.78, 5) is 0. The molecule has 0 unspecified atom stereocenters. The molecule has 0 atom stereocenters. The Balaban J connectivity index is 2.21. The van der Waals surface area contributed by atoms with Crippen LogP contribution in [0.2, 0.25) is 0 Å². The molecule has 18 heavy (non-hydrogen) atoms. The van der Waals surface area contributed by atoms with Crippen LogP contribution in [0.5, 0.6) is 5.75 Å². The molecule has 0 aliphatic heterocycles. The molecule has 2 N–H and O–H groups in total. The van der Waals surface area contributed by atoms with Crippen molar-refractivity contribution in [1.82, 2.24) is 9.78 Å². The standard InChI is InChI=1S/C14H19N3O/c1-11(2)18-14-5-3-4-12(8-14)13-9-16-17(10-13)7-6-15/h3-5,8-11H,6-7,15H2,1-2H3. The lowest BCUT2D eigenvalue weighted by Gasteiger charge is -2.10. The number of benzene rings is 1. The van der Waals surface area contributed by atoms with Gasteiger partial charge in [-0.25, -0.2) is 0 Å². The third kappa shape index (κ3) is 3.11. The van der Waals surface area contributed by atoms with E-state index in [2.05, 4.69) is 11.2 Å². The Morgan fingerprint density at radius 1 is 1.33 bits per heavy atom. The molecule has 0 radical (unpaired) electrons. The molecule has 1 aromatic carbocycles. The second kappa shape index (κ2) is 5.69. The van der Waals surface area contributed by atoms with Crippen LogP contribution in [-0.2, 0) is 6.54 Å². The van der Waals surface area contributed by atoms with Crippen LogP contribution in [0.3, 0.4) is 0 Å². The van der Waals surface area contributed by atoms with E-state index in [1.807, 2.05) is 49.1 Å². The van der Waals surface area contributed by atoms with Crippen molar-refractivity contribution in [3.63, 3.8) is 0 Å². The first kappa shape index (κ1) is 12.6. The Labute approximate surface area is 107 Å². The van der Waals surface area contributed by atoms with Gasteiger partial charge in [-0.3, -0.25) is 4.68 Å². The van der Waals surface area contributed by atoms with Crippen LogP contribution in [0.1, 0.15) is 13.8 Å². The summed E-state index contributed by atoms with van der Waals surface area (Å²) in [6.07, 6.45) is 4.03. The molecule has 0 aliphatic rings. The van der Waals surface area contributed by atoms with E-state index in [1.165, 1.54) is 0 Å². The maximum atomic E-state index is 5.68. The Bertz CT molecular complexity index is 505. The minimum atomic E-state index is 0.181. The fraction of sp³-hybridized carbons (Fsp3) is 0.357. The Morgan fingerprint density at radius 3 is 2.89 bits per heavy atom. The van der Waals surface area contributed by atoms with Crippen LogP contribution >= 0.6 is 0 Å². The fourth-order valence-electron chi connectivity index (χ4n) is 1.79. The molecule has 4 nitrogen and oxygen atoms in total. The summed E-state index contributed by atoms with van der Waals surface area (Å²) in [6.45, 7) is 5.37. The van der Waals surface area contributed by atoms with E-state index < -0.39 is 0 Å². The van der Waals surface area contributed by atoms with Crippen molar-refractivity contribution in [2.24, 2.45) is 5.73 Å². The smallest absolute Gasteiger partial charge is 0.120 e. The number of ether oxygens (including phenoxy) is 1. The molecule has 0 spiro atoms. The van der Waals surface area contributed by atoms with Crippen molar-refractivity contribution in [3.8, 4) is 16.9 Å². The van der Waals surface area contributed by atoms with Crippen LogP contribution < -0.4 is 10.5 Å². The summed E-state index contributed by atoms with van der Waals surface area (Å²) in [6, 6.07) is 8.04. The van der Waals surface area contributed by atoms with Crippen molar-refractivity contribution in [3.05, 3.63) is 36.7 Å². The molecular formula is C14H19N3O. The number of aromatic nitrogens is 2. The minimum absolute atomic E-state index is 0.181. The Kier molecular flexibility index (Phi) is 3.99. The summed E-state index contributed by atoms with van der Waals surface area (Å²) in [5, 5.41) is 4.27. The highest BCUT2D eigenvalue weighted by molar-refractivity contribution is 5.63. The molecule has 0 fully saturated rings. The average Bonchev–Trinajstić information content (AvgIpc) is 2.78. The van der Waals surface area contributed by atoms with E-state index in [0.29, 0.717) is 6.54 Å². The third-order valence-corrected chi connectivity index (χ3v) is 2.53. The topological polar surface area (TPSA) is 53.1 Å². The molecule has 0 aliphatic carbocycles. The van der Waals surface area contributed by atoms with Crippen molar-refractivity contribution in [2.45, 2.75) is 26.5 Å². The summed E-state index contributed by atoms with van der Waals surface area (Å²) in [5.41, 5.74) is 7.70. The molecule has 0 saturated carbocycles. The van der Waals surface area contributed by atoms with Gasteiger partial charge >= 0.3 is 0 Å². The molecule has 1 heterocycles. The SMILES string of the molecule is CC(C)Oc1cccc(-c2cnn(CCN)c2)c1. The van der Waals surface area contributed by atoms with E-state index in [9.17, 15) is 0 Å². The van der Waals surface area contributed by atoms with Gasteiger partial charge in [-0.1, -0.05) is 12.1 Å². The highest BCUT2D eigenvalue weighted by Crippen LogP contribution is 2.23. The van der Waals surface area contributed by atoms with E-state index in [1.54, 1.807) is 0 Å². The lowest BCUT2D eigenvalue weighted by Crippen LogP contribution is -2.09. The number of nitrogens with zero attached hydrogens (tertiary/aromatic N) is 2. The second-order valence-electron chi connectivity index (χ2n) is 4.48. The van der Waals surface area contributed by atoms with E-state index in [0.717, 1.165) is 23.4 Å². The maximum Gasteiger partial charge on any atom is 0.120 e. The quantitative estimate of drug-likeness (QED) is 0.879. The van der Waals surface area contributed by atoms with Gasteiger partial charge in [0.25, 0.3) is 0 Å². The zero-order valence-electron chi connectivity index (χ0n) is 10.8. The van der Waals surface area contributed by atoms with E-state index >= 15 is 0 Å². The number of hydrogen-bond donors (Lipinski definition) is 1. The monoisotopic (exact) mass is 245 g/mol. The Morgan fingerprint density at radius 2 is 2.17 bits per heavy atom. The maximum absolute atomic E-state index is 5.68. The average molecular weight is 245 g/mol. The zero-order chi connectivity index (χ0) is 13.0. The second-order valence-corrected chi connectivity index (χ2v) is 4.48. The molecule has 1 aromatic heterocycles. The van der Waals surface area contributed by atoms with E-state index in [4.69, 9.17) is 10.5 Å². The predicted octanol–water partition coefficient (Wildman–Crippen LogP) is 2.30. The number of rotatable bonds is 5. The summed E-state index contributed by atoms with van der Waals surface area (Å²) < 4.78 is 7.54. The van der Waals surface area contributed by atoms with Gasteiger partial charge < -0.3 is 10.5 Å². The van der Waals surface area contributed by atoms with Gasteiger partial charge in [-0.2, -0.15) is 5.10 Å². The highest BCUT2D eigenvalue weighted by Gasteiger charge is 2.04. The van der Waals surface area contributed by atoms with Gasteiger partial charge in [-0.05, 0) is 31.5 Å². The van der Waals surface area contributed by atoms with Crippen LogP contribution in [-0.4, -0.2) is 22.4 Å². The van der Waals surface area contributed by atoms with Crippen LogP contribution in [0.15, 0.2) is 36.7 Å². The molecule has 2 aromatic rings. The summed E-state index contributed by atoms with van der Waals surface area (Å²) >= 11 is 0. The van der Waals surface area contributed by atoms with E-state index in [-0.39, 0.29) is 6.10 Å². The first-order valence-electron chi connectivity index (χ1n) is 6.18. The third-order valence-electron chi connectivity index (χ3n) is 2.53. The van der Waals surface area contributed by atoms with Gasteiger partial charge in [-0.15, -0.1) is 0 Å². The fourth-order valence-corrected chi connectivity index (χ4v) is 1.79. The van der Waals surface area contributed by atoms with Gasteiger partial charge in [0.2, 0.25) is 0 Å². The van der Waals surface area contributed by atoms with Gasteiger partial charge in [0, 0.05) is 18.3 Å². The molecular weight excluding hydrogens is 226 g/mol. The summed E-state index contributed by atoms with van der Waals surface area (Å²) in [7, 11) is 0. The van der Waals surface area contributed by atoms with Gasteiger partial charge in [0.15, 0.2) is 0 Å². The van der Waals surface area contributed by atoms with Gasteiger partial charge in [0.05, 0.1) is 18.8 Å². The number of hydrogen-bond acceptors (Lipinski definition) is 3. The minimum Gasteiger partial charge on any atom is -0.491 e. The van der Waals surface area contributed by atoms with Crippen LogP contribution in [0.4, 0.5) is 0 Å². The molecule has 0 saturated heterocycles. The summed E-state index contributed by atoms with van der Waals surface area (Å²) in [5.74, 6) is 0.883. The van der Waals surface area contributed by atoms with Crippen molar-refractivity contribution in [2.75, 3.05) is 6.54 Å². The largest absolute Gasteiger partial charge is 0.491 e. The predicted molar refractivity (Wildman–Crippen MR) is 72.5 cm³/mol. The van der Waals surface area contributed by atoms with Crippen molar-refractivity contribution < 1.29 is 4.74 Å². The van der Waals surface area contributed by atoms with Crippen molar-refractivity contribution >= 4 is 0 Å². The lowest BCUT2D eigenvalue weighted by molar-refractivity contribution is 0.242. The normalized spacial score (nSPS) is 10.9. The zero-order valence-corrected chi connectivity index (χ0v) is 10.8. The molecule has 4 heteroatoms.